The van der Waals surface area contributed by atoms with Gasteiger partial charge < -0.3 is 35.6 Å². The van der Waals surface area contributed by atoms with E-state index in [1.54, 1.807) is 51.5 Å². The lowest BCUT2D eigenvalue weighted by atomic mass is 10.0. The number of carbonyl (C=O) groups excluding carboxylic acids is 4. The molecule has 1 heterocycles. The van der Waals surface area contributed by atoms with E-state index in [4.69, 9.17) is 19.9 Å². The molecule has 0 aliphatic heterocycles. The molecule has 0 radical (unpaired) electrons. The first-order valence-electron chi connectivity index (χ1n) is 13.4. The van der Waals surface area contributed by atoms with Crippen molar-refractivity contribution in [2.75, 3.05) is 20.8 Å². The van der Waals surface area contributed by atoms with Gasteiger partial charge >= 0.3 is 5.97 Å². The summed E-state index contributed by atoms with van der Waals surface area (Å²) in [6.07, 6.45) is 2.96. The van der Waals surface area contributed by atoms with E-state index in [0.29, 0.717) is 22.8 Å². The van der Waals surface area contributed by atoms with Crippen molar-refractivity contribution < 1.29 is 33.4 Å². The minimum atomic E-state index is -0.981. The Morgan fingerprint density at radius 2 is 1.74 bits per heavy atom. The predicted octanol–water partition coefficient (Wildman–Crippen LogP) is 2.91. The van der Waals surface area contributed by atoms with Gasteiger partial charge in [-0.25, -0.2) is 4.79 Å². The molecule has 222 valence electrons. The third kappa shape index (κ3) is 9.26. The molecule has 0 aliphatic rings. The van der Waals surface area contributed by atoms with Crippen molar-refractivity contribution in [3.63, 3.8) is 0 Å². The average molecular weight is 577 g/mol. The second-order valence-corrected chi connectivity index (χ2v) is 9.30. The van der Waals surface area contributed by atoms with Crippen molar-refractivity contribution in [2.45, 2.75) is 38.3 Å². The number of carbonyl (C=O) groups is 4. The normalized spacial score (nSPS) is 12.3. The summed E-state index contributed by atoms with van der Waals surface area (Å²) < 4.78 is 15.7. The summed E-state index contributed by atoms with van der Waals surface area (Å²) in [6, 6.07) is 16.2. The van der Waals surface area contributed by atoms with Crippen LogP contribution in [0.5, 0.6) is 11.5 Å². The number of hydrogen-bond donors (Lipinski definition) is 4. The number of nitrogens with two attached hydrogens (primary N) is 1. The fourth-order valence-corrected chi connectivity index (χ4v) is 4.19. The van der Waals surface area contributed by atoms with Crippen LogP contribution in [0.25, 0.3) is 11.3 Å². The van der Waals surface area contributed by atoms with Gasteiger partial charge in [0.2, 0.25) is 11.8 Å². The largest absolute Gasteiger partial charge is 0.497 e. The number of nitrogens with one attached hydrogen (secondary N) is 3. The monoisotopic (exact) mass is 576 g/mol. The molecule has 0 aliphatic carbocycles. The highest BCUT2D eigenvalue weighted by Crippen LogP contribution is 2.32. The summed E-state index contributed by atoms with van der Waals surface area (Å²) in [4.78, 5) is 53.2. The third-order valence-electron chi connectivity index (χ3n) is 6.31. The molecule has 11 nitrogen and oxygen atoms in total. The van der Waals surface area contributed by atoms with Crippen molar-refractivity contribution in [1.82, 2.24) is 15.6 Å². The molecule has 0 saturated heterocycles. The number of primary amides is 1. The van der Waals surface area contributed by atoms with Gasteiger partial charge in [0.25, 0.3) is 5.91 Å². The highest BCUT2D eigenvalue weighted by atomic mass is 16.5. The van der Waals surface area contributed by atoms with Gasteiger partial charge in [-0.15, -0.1) is 0 Å². The fraction of sp³-hybridized carbons (Fsp3) is 0.290. The van der Waals surface area contributed by atoms with Gasteiger partial charge in [0.05, 0.1) is 20.8 Å². The fourth-order valence-electron chi connectivity index (χ4n) is 4.19. The predicted molar refractivity (Wildman–Crippen MR) is 157 cm³/mol. The first-order chi connectivity index (χ1) is 20.2. The van der Waals surface area contributed by atoms with Crippen LogP contribution in [0.4, 0.5) is 0 Å². The van der Waals surface area contributed by atoms with Gasteiger partial charge in [0.15, 0.2) is 0 Å². The maximum atomic E-state index is 13.5. The van der Waals surface area contributed by atoms with E-state index in [-0.39, 0.29) is 31.6 Å². The van der Waals surface area contributed by atoms with E-state index >= 15 is 0 Å². The average Bonchev–Trinajstić information content (AvgIpc) is 3.49. The molecular weight excluding hydrogens is 540 g/mol. The topological polar surface area (TPSA) is 162 Å². The number of aromatic nitrogens is 1. The zero-order chi connectivity index (χ0) is 30.5. The standard InChI is InChI=1S/C31H36N4O7/c1-4-42-29(37)17-11-21(10-16-28(32)36)33-31(39)26(18-20-8-6-5-7-9-20)35-30(38)25-14-13-24(34-25)23-19-22(40-2)12-15-27(23)41-3/h5-9,11-15,17,19,21,26,34H,4,10,16,18H2,1-3H3,(H2,32,36)(H,33,39)(H,35,38)/b17-11+/t21-,26-/m1/s1. The smallest absolute Gasteiger partial charge is 0.330 e. The van der Waals surface area contributed by atoms with Gasteiger partial charge in [-0.2, -0.15) is 0 Å². The summed E-state index contributed by atoms with van der Waals surface area (Å²) in [6.45, 7) is 1.87. The van der Waals surface area contributed by atoms with Crippen molar-refractivity contribution in [3.8, 4) is 22.8 Å². The van der Waals surface area contributed by atoms with Crippen LogP contribution in [0.1, 0.15) is 35.8 Å². The Morgan fingerprint density at radius 3 is 2.40 bits per heavy atom. The van der Waals surface area contributed by atoms with Crippen LogP contribution in [-0.4, -0.2) is 61.6 Å². The van der Waals surface area contributed by atoms with Crippen molar-refractivity contribution in [2.24, 2.45) is 5.73 Å². The number of amides is 3. The van der Waals surface area contributed by atoms with E-state index in [1.807, 2.05) is 30.3 Å². The van der Waals surface area contributed by atoms with E-state index in [0.717, 1.165) is 5.56 Å². The highest BCUT2D eigenvalue weighted by Gasteiger charge is 2.25. The number of rotatable bonds is 15. The molecule has 0 bridgehead atoms. The number of methoxy groups -OCH3 is 2. The summed E-state index contributed by atoms with van der Waals surface area (Å²) in [7, 11) is 3.11. The second-order valence-electron chi connectivity index (χ2n) is 9.30. The Labute approximate surface area is 244 Å². The summed E-state index contributed by atoms with van der Waals surface area (Å²) in [5, 5.41) is 5.62. The molecule has 1 aromatic heterocycles. The lowest BCUT2D eigenvalue weighted by molar-refractivity contribution is -0.137. The number of hydrogen-bond acceptors (Lipinski definition) is 7. The number of H-pyrrole nitrogens is 1. The zero-order valence-electron chi connectivity index (χ0n) is 23.8. The van der Waals surface area contributed by atoms with Gasteiger partial charge in [0, 0.05) is 36.2 Å². The first-order valence-corrected chi connectivity index (χ1v) is 13.4. The zero-order valence-corrected chi connectivity index (χ0v) is 23.8. The van der Waals surface area contributed by atoms with E-state index < -0.39 is 35.8 Å². The lowest BCUT2D eigenvalue weighted by Gasteiger charge is -2.22. The Bertz CT molecular complexity index is 1400. The van der Waals surface area contributed by atoms with Gasteiger partial charge in [-0.3, -0.25) is 14.4 Å². The van der Waals surface area contributed by atoms with Crippen molar-refractivity contribution in [1.29, 1.82) is 0 Å². The minimum absolute atomic E-state index is 0.0210. The molecule has 11 heteroatoms. The molecule has 2 aromatic carbocycles. The van der Waals surface area contributed by atoms with Crippen LogP contribution in [0, 0.1) is 0 Å². The highest BCUT2D eigenvalue weighted by molar-refractivity contribution is 5.97. The number of aromatic amines is 1. The summed E-state index contributed by atoms with van der Waals surface area (Å²) in [5.41, 5.74) is 7.67. The maximum Gasteiger partial charge on any atom is 0.330 e. The molecule has 5 N–H and O–H groups in total. The van der Waals surface area contributed by atoms with Crippen LogP contribution < -0.4 is 25.8 Å². The van der Waals surface area contributed by atoms with E-state index in [9.17, 15) is 19.2 Å². The molecule has 0 unspecified atom stereocenters. The summed E-state index contributed by atoms with van der Waals surface area (Å²) in [5.74, 6) is -0.938. The van der Waals surface area contributed by atoms with Gasteiger partial charge in [0.1, 0.15) is 23.2 Å². The minimum Gasteiger partial charge on any atom is -0.497 e. The molecule has 42 heavy (non-hydrogen) atoms. The molecule has 0 saturated carbocycles. The molecule has 3 aromatic rings. The van der Waals surface area contributed by atoms with Crippen LogP contribution >= 0.6 is 0 Å². The van der Waals surface area contributed by atoms with Crippen molar-refractivity contribution in [3.05, 3.63) is 84.1 Å². The first kappa shape index (κ1) is 31.5. The van der Waals surface area contributed by atoms with Gasteiger partial charge in [-0.05, 0) is 49.2 Å². The third-order valence-corrected chi connectivity index (χ3v) is 6.31. The van der Waals surface area contributed by atoms with Crippen molar-refractivity contribution >= 4 is 23.7 Å². The van der Waals surface area contributed by atoms with Gasteiger partial charge in [-0.1, -0.05) is 36.4 Å². The Balaban J connectivity index is 1.83. The van der Waals surface area contributed by atoms with E-state index in [2.05, 4.69) is 15.6 Å². The molecular formula is C31H36N4O7. The Morgan fingerprint density at radius 1 is 0.976 bits per heavy atom. The SMILES string of the molecule is CCOC(=O)/C=C/[C@@H](CCC(N)=O)NC(=O)[C@@H](Cc1ccccc1)NC(=O)c1ccc(-c2cc(OC)ccc2OC)[nH]1. The Kier molecular flexibility index (Phi) is 11.7. The van der Waals surface area contributed by atoms with Crippen LogP contribution in [0.15, 0.2) is 72.8 Å². The van der Waals surface area contributed by atoms with Crippen LogP contribution in [0.2, 0.25) is 0 Å². The second kappa shape index (κ2) is 15.7. The van der Waals surface area contributed by atoms with Crippen LogP contribution in [0.3, 0.4) is 0 Å². The molecule has 2 atom stereocenters. The van der Waals surface area contributed by atoms with E-state index in [1.165, 1.54) is 12.2 Å². The molecule has 3 rings (SSSR count). The Hall–Kier alpha value is -5.06. The molecule has 0 fully saturated rings. The molecule has 0 spiro atoms. The summed E-state index contributed by atoms with van der Waals surface area (Å²) >= 11 is 0. The maximum absolute atomic E-state index is 13.5. The number of esters is 1. The number of benzene rings is 2. The molecule has 3 amide bonds. The lowest BCUT2D eigenvalue weighted by Crippen LogP contribution is -2.50. The number of ether oxygens (including phenoxy) is 3. The van der Waals surface area contributed by atoms with Crippen LogP contribution in [-0.2, 0) is 25.5 Å². The quantitative estimate of drug-likeness (QED) is 0.160.